The van der Waals surface area contributed by atoms with Gasteiger partial charge in [-0.25, -0.2) is 0 Å². The lowest BCUT2D eigenvalue weighted by Crippen LogP contribution is -2.15. The van der Waals surface area contributed by atoms with Crippen LogP contribution in [0.1, 0.15) is 65.2 Å². The lowest BCUT2D eigenvalue weighted by molar-refractivity contribution is 0.491. The minimum Gasteiger partial charge on any atom is -0.126 e. The molecule has 28 heavy (non-hydrogen) atoms. The molecule has 0 spiro atoms. The Bertz CT molecular complexity index is 338. The predicted molar refractivity (Wildman–Crippen MR) is 152 cm³/mol. The molecule has 0 bridgehead atoms. The van der Waals surface area contributed by atoms with Gasteiger partial charge in [-0.05, 0) is 56.4 Å². The summed E-state index contributed by atoms with van der Waals surface area (Å²) in [5, 5.41) is 0. The van der Waals surface area contributed by atoms with Gasteiger partial charge in [0.05, 0.1) is 0 Å². The Kier molecular flexibility index (Phi) is 21.4. The first-order valence-corrected chi connectivity index (χ1v) is 25.4. The summed E-state index contributed by atoms with van der Waals surface area (Å²) in [5.41, 5.74) is 0. The molecule has 12 heteroatoms. The Balaban J connectivity index is 3.46. The monoisotopic (exact) mass is 618 g/mol. The topological polar surface area (TPSA) is 0 Å². The highest BCUT2D eigenvalue weighted by atomic mass is 35.8. The van der Waals surface area contributed by atoms with Crippen molar-refractivity contribution in [2.24, 2.45) is 11.8 Å². The van der Waals surface area contributed by atoms with Gasteiger partial charge in [-0.1, -0.05) is 74.0 Å². The van der Waals surface area contributed by atoms with Crippen LogP contribution in [0.3, 0.4) is 0 Å². The van der Waals surface area contributed by atoms with Gasteiger partial charge < -0.3 is 0 Å². The minimum absolute atomic E-state index is 0.575. The summed E-state index contributed by atoms with van der Waals surface area (Å²) >= 11 is 36.2. The second-order valence-corrected chi connectivity index (χ2v) is 31.6. The summed E-state index contributed by atoms with van der Waals surface area (Å²) in [6.45, 7) is 4.39. The zero-order valence-corrected chi connectivity index (χ0v) is 26.3. The van der Waals surface area contributed by atoms with Gasteiger partial charge in [0, 0.05) is 11.5 Å². The van der Waals surface area contributed by atoms with E-state index in [1.54, 1.807) is 0 Å². The fourth-order valence-electron chi connectivity index (χ4n) is 2.85. The van der Waals surface area contributed by atoms with Crippen LogP contribution >= 0.6 is 108 Å². The molecule has 0 aromatic carbocycles. The van der Waals surface area contributed by atoms with E-state index in [1.807, 2.05) is 41.2 Å². The van der Waals surface area contributed by atoms with E-state index in [1.165, 1.54) is 50.0 Å². The molecular formula is C16H32Cl6S4Si2. The highest BCUT2D eigenvalue weighted by molar-refractivity contribution is 9.26. The quantitative estimate of drug-likeness (QED) is 0.0609. The van der Waals surface area contributed by atoms with Crippen LogP contribution in [0.4, 0.5) is 0 Å². The molecule has 0 aliphatic heterocycles. The van der Waals surface area contributed by atoms with Crippen LogP contribution in [-0.2, 0) is 0 Å². The van der Waals surface area contributed by atoms with Crippen molar-refractivity contribution in [1.29, 1.82) is 0 Å². The molecule has 0 aromatic heterocycles. The number of hydrogen-bond acceptors (Lipinski definition) is 4. The molecule has 0 fully saturated rings. The Morgan fingerprint density at radius 1 is 0.607 bits per heavy atom. The van der Waals surface area contributed by atoms with Crippen LogP contribution in [0.25, 0.3) is 0 Å². The molecule has 0 N–H and O–H groups in total. The predicted octanol–water partition coefficient (Wildman–Crippen LogP) is 11.4. The van der Waals surface area contributed by atoms with Crippen molar-refractivity contribution in [3.8, 4) is 0 Å². The van der Waals surface area contributed by atoms with Crippen molar-refractivity contribution in [1.82, 2.24) is 0 Å². The second kappa shape index (κ2) is 18.9. The van der Waals surface area contributed by atoms with E-state index < -0.39 is 12.0 Å². The van der Waals surface area contributed by atoms with E-state index in [9.17, 15) is 0 Å². The Hall–Kier alpha value is 3.57. The Morgan fingerprint density at radius 2 is 0.964 bits per heavy atom. The van der Waals surface area contributed by atoms with Crippen LogP contribution < -0.4 is 0 Å². The molecule has 0 nitrogen and oxygen atoms in total. The summed E-state index contributed by atoms with van der Waals surface area (Å²) < 4.78 is 0. The van der Waals surface area contributed by atoms with Crippen molar-refractivity contribution in [2.45, 2.75) is 77.3 Å². The van der Waals surface area contributed by atoms with E-state index >= 15 is 0 Å². The number of rotatable bonds is 19. The van der Waals surface area contributed by atoms with Crippen molar-refractivity contribution >= 4 is 120 Å². The van der Waals surface area contributed by atoms with Crippen LogP contribution in [0, 0.1) is 11.8 Å². The molecule has 2 unspecified atom stereocenters. The van der Waals surface area contributed by atoms with Gasteiger partial charge in [-0.2, -0.15) is 0 Å². The van der Waals surface area contributed by atoms with Gasteiger partial charge in [0.1, 0.15) is 0 Å². The lowest BCUT2D eigenvalue weighted by atomic mass is 10.0. The normalized spacial score (nSPS) is 15.0. The maximum atomic E-state index is 6.04. The van der Waals surface area contributed by atoms with Gasteiger partial charge in [0.15, 0.2) is 0 Å². The maximum Gasteiger partial charge on any atom is 0.341 e. The van der Waals surface area contributed by atoms with Crippen LogP contribution in [0.5, 0.6) is 0 Å². The number of hydrogen-bond donors (Lipinski definition) is 0. The van der Waals surface area contributed by atoms with Gasteiger partial charge in [0.2, 0.25) is 0 Å². The molecule has 0 heterocycles. The van der Waals surface area contributed by atoms with Gasteiger partial charge in [0.25, 0.3) is 0 Å². The Morgan fingerprint density at radius 3 is 1.25 bits per heavy atom. The zero-order chi connectivity index (χ0) is 21.5. The summed E-state index contributed by atoms with van der Waals surface area (Å²) in [6.07, 6.45) is 9.54. The third-order valence-electron chi connectivity index (χ3n) is 4.50. The van der Waals surface area contributed by atoms with Crippen LogP contribution in [-0.4, -0.2) is 23.5 Å². The highest BCUT2D eigenvalue weighted by Gasteiger charge is 2.29. The Labute approximate surface area is 218 Å². The van der Waals surface area contributed by atoms with E-state index in [2.05, 4.69) is 13.8 Å². The lowest BCUT2D eigenvalue weighted by Gasteiger charge is -2.18. The molecule has 0 saturated carbocycles. The molecule has 0 aromatic rings. The number of halogens is 6. The zero-order valence-electron chi connectivity index (χ0n) is 16.5. The average Bonchev–Trinajstić information content (AvgIpc) is 2.58. The van der Waals surface area contributed by atoms with Crippen molar-refractivity contribution in [3.63, 3.8) is 0 Å². The molecular weight excluding hydrogens is 589 g/mol. The smallest absolute Gasteiger partial charge is 0.126 e. The van der Waals surface area contributed by atoms with Crippen molar-refractivity contribution in [2.75, 3.05) is 11.5 Å². The second-order valence-electron chi connectivity index (χ2n) is 6.96. The maximum absolute atomic E-state index is 6.04. The molecule has 0 aliphatic rings. The molecule has 2 atom stereocenters. The first-order valence-electron chi connectivity index (χ1n) is 9.78. The standard InChI is InChI=1S/C16H32Cl6S4Si2/c1-3-15(13-27(17,18)19)9-5-7-11-23-25-26-24-12-8-6-10-16(4-2)14-28(20,21)22/h15-16H,3-14H2,1-2H3. The van der Waals surface area contributed by atoms with Crippen LogP contribution in [0.2, 0.25) is 12.1 Å². The first kappa shape index (κ1) is 31.6. The summed E-state index contributed by atoms with van der Waals surface area (Å²) in [7, 11) is 7.70. The average molecular weight is 622 g/mol. The van der Waals surface area contributed by atoms with Gasteiger partial charge in [-0.3, -0.25) is 0 Å². The fourth-order valence-corrected chi connectivity index (χ4v) is 15.3. The molecule has 0 radical (unpaired) electrons. The third kappa shape index (κ3) is 22.8. The van der Waals surface area contributed by atoms with Gasteiger partial charge >= 0.3 is 12.0 Å². The summed E-state index contributed by atoms with van der Waals surface area (Å²) in [5.74, 6) is 3.54. The fraction of sp³-hybridized carbons (Fsp3) is 1.00. The third-order valence-corrected chi connectivity index (χ3v) is 16.0. The van der Waals surface area contributed by atoms with Crippen LogP contribution in [0.15, 0.2) is 0 Å². The highest BCUT2D eigenvalue weighted by Crippen LogP contribution is 2.44. The first-order chi connectivity index (χ1) is 13.1. The summed E-state index contributed by atoms with van der Waals surface area (Å²) in [6, 6.07) is -3.35. The molecule has 170 valence electrons. The number of unbranched alkanes of at least 4 members (excludes halogenated alkanes) is 2. The van der Waals surface area contributed by atoms with Crippen molar-refractivity contribution < 1.29 is 0 Å². The van der Waals surface area contributed by atoms with E-state index in [0.29, 0.717) is 11.8 Å². The van der Waals surface area contributed by atoms with E-state index in [4.69, 9.17) is 66.5 Å². The van der Waals surface area contributed by atoms with Crippen molar-refractivity contribution in [3.05, 3.63) is 0 Å². The largest absolute Gasteiger partial charge is 0.341 e. The SMILES string of the molecule is CCC(CCCCSSSSCCCCC(CC)C[Si](Cl)(Cl)Cl)C[Si](Cl)(Cl)Cl. The van der Waals surface area contributed by atoms with Gasteiger partial charge in [-0.15, -0.1) is 66.5 Å². The molecule has 0 rings (SSSR count). The summed E-state index contributed by atoms with van der Waals surface area (Å²) in [4.78, 5) is 0. The minimum atomic E-state index is -2.48. The van der Waals surface area contributed by atoms with E-state index in [0.717, 1.165) is 24.9 Å². The molecule has 0 amide bonds. The molecule has 0 saturated heterocycles. The molecule has 0 aliphatic carbocycles. The van der Waals surface area contributed by atoms with E-state index in [-0.39, 0.29) is 0 Å².